The van der Waals surface area contributed by atoms with Gasteiger partial charge in [-0.2, -0.15) is 0 Å². The average Bonchev–Trinajstić information content (AvgIpc) is 1.91. The number of amides is 2. The average molecular weight is 170 g/mol. The van der Waals surface area contributed by atoms with E-state index in [2.05, 4.69) is 26.1 Å². The summed E-state index contributed by atoms with van der Waals surface area (Å²) < 4.78 is 0. The third kappa shape index (κ3) is 2.72. The summed E-state index contributed by atoms with van der Waals surface area (Å²) in [5, 5.41) is 2.84. The van der Waals surface area contributed by atoms with Crippen molar-refractivity contribution in [2.24, 2.45) is 5.41 Å². The summed E-state index contributed by atoms with van der Waals surface area (Å²) >= 11 is 0. The Morgan fingerprint density at radius 2 is 2.17 bits per heavy atom. The molecule has 2 amide bonds. The van der Waals surface area contributed by atoms with Gasteiger partial charge in [0.05, 0.1) is 0 Å². The van der Waals surface area contributed by atoms with Gasteiger partial charge in [0, 0.05) is 19.6 Å². The molecule has 1 aliphatic rings. The van der Waals surface area contributed by atoms with Crippen molar-refractivity contribution in [2.75, 3.05) is 19.6 Å². The highest BCUT2D eigenvalue weighted by Crippen LogP contribution is 2.16. The van der Waals surface area contributed by atoms with Crippen molar-refractivity contribution < 1.29 is 4.79 Å². The first kappa shape index (κ1) is 9.36. The molecule has 70 valence electrons. The molecule has 0 unspecified atom stereocenters. The van der Waals surface area contributed by atoms with Crippen molar-refractivity contribution in [1.82, 2.24) is 10.2 Å². The van der Waals surface area contributed by atoms with Crippen LogP contribution in [0.3, 0.4) is 0 Å². The minimum atomic E-state index is 0.0937. The molecule has 0 aliphatic carbocycles. The first-order valence-electron chi connectivity index (χ1n) is 4.52. The van der Waals surface area contributed by atoms with E-state index in [1.807, 2.05) is 4.90 Å². The molecule has 1 fully saturated rings. The molecule has 0 spiro atoms. The number of rotatable bonds is 1. The molecule has 0 bridgehead atoms. The monoisotopic (exact) mass is 170 g/mol. The van der Waals surface area contributed by atoms with Crippen LogP contribution >= 0.6 is 0 Å². The topological polar surface area (TPSA) is 32.3 Å². The molecule has 12 heavy (non-hydrogen) atoms. The number of urea groups is 1. The minimum Gasteiger partial charge on any atom is -0.338 e. The number of nitrogens with zero attached hydrogens (tertiary/aromatic N) is 1. The third-order valence-electron chi connectivity index (χ3n) is 1.83. The summed E-state index contributed by atoms with van der Waals surface area (Å²) in [5.74, 6) is 0. The van der Waals surface area contributed by atoms with Gasteiger partial charge in [-0.1, -0.05) is 20.8 Å². The van der Waals surface area contributed by atoms with E-state index in [9.17, 15) is 4.79 Å². The Kier molecular flexibility index (Phi) is 2.60. The molecule has 0 saturated carbocycles. The molecule has 0 aromatic rings. The molecule has 1 heterocycles. The molecule has 0 aromatic heterocycles. The Hall–Kier alpha value is -0.730. The normalized spacial score (nSPS) is 19.2. The van der Waals surface area contributed by atoms with Gasteiger partial charge in [-0.15, -0.1) is 0 Å². The van der Waals surface area contributed by atoms with Crippen LogP contribution in [0, 0.1) is 5.41 Å². The van der Waals surface area contributed by atoms with Crippen LogP contribution in [0.2, 0.25) is 0 Å². The lowest BCUT2D eigenvalue weighted by molar-refractivity contribution is 0.161. The molecule has 1 N–H and O–H groups in total. The van der Waals surface area contributed by atoms with Gasteiger partial charge in [0.15, 0.2) is 0 Å². The van der Waals surface area contributed by atoms with Crippen molar-refractivity contribution in [2.45, 2.75) is 27.2 Å². The summed E-state index contributed by atoms with van der Waals surface area (Å²) in [6.07, 6.45) is 1.07. The minimum absolute atomic E-state index is 0.0937. The van der Waals surface area contributed by atoms with E-state index in [-0.39, 0.29) is 11.4 Å². The van der Waals surface area contributed by atoms with E-state index in [4.69, 9.17) is 0 Å². The maximum absolute atomic E-state index is 11.3. The van der Waals surface area contributed by atoms with E-state index in [1.165, 1.54) is 0 Å². The lowest BCUT2D eigenvalue weighted by Gasteiger charge is -2.32. The van der Waals surface area contributed by atoms with Gasteiger partial charge >= 0.3 is 6.03 Å². The second kappa shape index (κ2) is 3.33. The van der Waals surface area contributed by atoms with Gasteiger partial charge in [0.2, 0.25) is 0 Å². The van der Waals surface area contributed by atoms with Crippen LogP contribution in [0.25, 0.3) is 0 Å². The fraction of sp³-hybridized carbons (Fsp3) is 0.889. The Bertz CT molecular complexity index is 172. The molecule has 1 saturated heterocycles. The fourth-order valence-corrected chi connectivity index (χ4v) is 1.40. The van der Waals surface area contributed by atoms with Crippen LogP contribution in [-0.2, 0) is 0 Å². The van der Waals surface area contributed by atoms with Gasteiger partial charge in [0.1, 0.15) is 0 Å². The summed E-state index contributed by atoms with van der Waals surface area (Å²) in [6.45, 7) is 9.03. The highest BCUT2D eigenvalue weighted by Gasteiger charge is 2.22. The second-order valence-electron chi connectivity index (χ2n) is 4.57. The van der Waals surface area contributed by atoms with E-state index in [0.29, 0.717) is 0 Å². The summed E-state index contributed by atoms with van der Waals surface area (Å²) in [6, 6.07) is 0.0937. The molecule has 3 nitrogen and oxygen atoms in total. The zero-order valence-corrected chi connectivity index (χ0v) is 8.18. The Morgan fingerprint density at radius 1 is 1.50 bits per heavy atom. The molecule has 3 heteroatoms. The molecular weight excluding hydrogens is 152 g/mol. The highest BCUT2D eigenvalue weighted by atomic mass is 16.2. The number of carbonyl (C=O) groups excluding carboxylic acids is 1. The Morgan fingerprint density at radius 3 is 2.67 bits per heavy atom. The Labute approximate surface area is 74.1 Å². The van der Waals surface area contributed by atoms with Crippen LogP contribution in [0.15, 0.2) is 0 Å². The maximum Gasteiger partial charge on any atom is 0.317 e. The van der Waals surface area contributed by atoms with Gasteiger partial charge in [-0.25, -0.2) is 4.79 Å². The predicted octanol–water partition coefficient (Wildman–Crippen LogP) is 1.45. The number of hydrogen-bond donors (Lipinski definition) is 1. The SMILES string of the molecule is CC(C)(C)CN1CCCNC1=O. The van der Waals surface area contributed by atoms with Crippen LogP contribution in [-0.4, -0.2) is 30.6 Å². The van der Waals surface area contributed by atoms with Crippen molar-refractivity contribution in [3.05, 3.63) is 0 Å². The summed E-state index contributed by atoms with van der Waals surface area (Å²) in [4.78, 5) is 13.2. The third-order valence-corrected chi connectivity index (χ3v) is 1.83. The molecular formula is C9H18N2O. The van der Waals surface area contributed by atoms with E-state index in [1.54, 1.807) is 0 Å². The lowest BCUT2D eigenvalue weighted by Crippen LogP contribution is -2.49. The van der Waals surface area contributed by atoms with E-state index >= 15 is 0 Å². The van der Waals surface area contributed by atoms with Crippen molar-refractivity contribution in [3.63, 3.8) is 0 Å². The first-order valence-corrected chi connectivity index (χ1v) is 4.52. The fourth-order valence-electron chi connectivity index (χ4n) is 1.40. The van der Waals surface area contributed by atoms with Crippen LogP contribution in [0.1, 0.15) is 27.2 Å². The summed E-state index contributed by atoms with van der Waals surface area (Å²) in [7, 11) is 0. The van der Waals surface area contributed by atoms with Crippen molar-refractivity contribution >= 4 is 6.03 Å². The molecule has 0 aromatic carbocycles. The molecule has 1 aliphatic heterocycles. The Balaban J connectivity index is 2.45. The van der Waals surface area contributed by atoms with Gasteiger partial charge in [-0.05, 0) is 11.8 Å². The van der Waals surface area contributed by atoms with Gasteiger partial charge in [-0.3, -0.25) is 0 Å². The van der Waals surface area contributed by atoms with Crippen molar-refractivity contribution in [3.8, 4) is 0 Å². The highest BCUT2D eigenvalue weighted by molar-refractivity contribution is 5.74. The largest absolute Gasteiger partial charge is 0.338 e. The maximum atomic E-state index is 11.3. The molecule has 0 atom stereocenters. The van der Waals surface area contributed by atoms with E-state index < -0.39 is 0 Å². The molecule has 1 rings (SSSR count). The first-order chi connectivity index (χ1) is 5.49. The van der Waals surface area contributed by atoms with E-state index in [0.717, 1.165) is 26.1 Å². The standard InChI is InChI=1S/C9H18N2O/c1-9(2,3)7-11-6-4-5-10-8(11)12/h4-7H2,1-3H3,(H,10,12). The van der Waals surface area contributed by atoms with Crippen LogP contribution < -0.4 is 5.32 Å². The number of carbonyl (C=O) groups is 1. The van der Waals surface area contributed by atoms with Crippen LogP contribution in [0.4, 0.5) is 4.79 Å². The van der Waals surface area contributed by atoms with Crippen molar-refractivity contribution in [1.29, 1.82) is 0 Å². The molecule has 0 radical (unpaired) electrons. The van der Waals surface area contributed by atoms with Gasteiger partial charge in [0.25, 0.3) is 0 Å². The van der Waals surface area contributed by atoms with Gasteiger partial charge < -0.3 is 10.2 Å². The zero-order chi connectivity index (χ0) is 9.19. The zero-order valence-electron chi connectivity index (χ0n) is 8.18. The second-order valence-corrected chi connectivity index (χ2v) is 4.57. The number of hydrogen-bond acceptors (Lipinski definition) is 1. The summed E-state index contributed by atoms with van der Waals surface area (Å²) in [5.41, 5.74) is 0.203. The quantitative estimate of drug-likeness (QED) is 0.634. The smallest absolute Gasteiger partial charge is 0.317 e. The van der Waals surface area contributed by atoms with Crippen LogP contribution in [0.5, 0.6) is 0 Å². The number of nitrogens with one attached hydrogen (secondary N) is 1. The predicted molar refractivity (Wildman–Crippen MR) is 49.0 cm³/mol. The lowest BCUT2D eigenvalue weighted by atomic mass is 9.96.